The van der Waals surface area contributed by atoms with Gasteiger partial charge < -0.3 is 14.8 Å². The zero-order valence-electron chi connectivity index (χ0n) is 14.6. The number of hydrogen-bond acceptors (Lipinski definition) is 5. The zero-order valence-corrected chi connectivity index (χ0v) is 14.6. The van der Waals surface area contributed by atoms with E-state index in [1.54, 1.807) is 6.20 Å². The molecule has 1 N–H and O–H groups in total. The van der Waals surface area contributed by atoms with E-state index < -0.39 is 0 Å². The third-order valence-corrected chi connectivity index (χ3v) is 4.36. The van der Waals surface area contributed by atoms with Crippen molar-refractivity contribution in [3.8, 4) is 0 Å². The van der Waals surface area contributed by atoms with E-state index in [4.69, 9.17) is 0 Å². The highest BCUT2D eigenvalue weighted by Crippen LogP contribution is 2.17. The molecule has 1 fully saturated rings. The maximum atomic E-state index is 12.3. The van der Waals surface area contributed by atoms with Gasteiger partial charge in [-0.05, 0) is 50.5 Å². The molecule has 7 nitrogen and oxygen atoms in total. The quantitative estimate of drug-likeness (QED) is 0.899. The average Bonchev–Trinajstić information content (AvgIpc) is 2.58. The second-order valence-electron chi connectivity index (χ2n) is 6.56. The summed E-state index contributed by atoms with van der Waals surface area (Å²) in [6.07, 6.45) is 3.56. The number of amides is 1. The molecule has 1 aliphatic rings. The van der Waals surface area contributed by atoms with Crippen molar-refractivity contribution in [3.63, 3.8) is 0 Å². The minimum absolute atomic E-state index is 0.0416. The van der Waals surface area contributed by atoms with Gasteiger partial charge in [-0.25, -0.2) is 0 Å². The molecule has 1 aliphatic heterocycles. The average molecular weight is 341 g/mol. The Morgan fingerprint density at radius 3 is 2.84 bits per heavy atom. The van der Waals surface area contributed by atoms with Crippen LogP contribution < -0.4 is 15.8 Å². The largest absolute Gasteiger partial charge is 0.353 e. The summed E-state index contributed by atoms with van der Waals surface area (Å²) in [7, 11) is 0. The van der Waals surface area contributed by atoms with Gasteiger partial charge in [-0.1, -0.05) is 0 Å². The number of piperidine rings is 1. The van der Waals surface area contributed by atoms with Crippen molar-refractivity contribution in [2.45, 2.75) is 39.3 Å². The number of hydrogen-bond donors (Lipinski definition) is 1. The maximum Gasteiger partial charge on any atom is 0.251 e. The van der Waals surface area contributed by atoms with Crippen LogP contribution in [0.1, 0.15) is 24.1 Å². The zero-order chi connectivity index (χ0) is 17.8. The van der Waals surface area contributed by atoms with Crippen LogP contribution in [0, 0.1) is 13.8 Å². The SMILES string of the molecule is Cc1ccn(CC(=O)N[C@@H]2CCCN(c3ccc(C)nn3)C2)c(=O)c1. The first kappa shape index (κ1) is 17.1. The molecule has 0 aliphatic carbocycles. The fraction of sp³-hybridized carbons (Fsp3) is 0.444. The molecule has 0 bridgehead atoms. The van der Waals surface area contributed by atoms with E-state index >= 15 is 0 Å². The van der Waals surface area contributed by atoms with Crippen LogP contribution in [0.25, 0.3) is 0 Å². The summed E-state index contributed by atoms with van der Waals surface area (Å²) in [6.45, 7) is 5.41. The first-order chi connectivity index (χ1) is 12.0. The van der Waals surface area contributed by atoms with E-state index in [0.717, 1.165) is 36.5 Å². The van der Waals surface area contributed by atoms with E-state index in [1.807, 2.05) is 32.0 Å². The lowest BCUT2D eigenvalue weighted by Gasteiger charge is -2.33. The smallest absolute Gasteiger partial charge is 0.251 e. The predicted molar refractivity (Wildman–Crippen MR) is 95.6 cm³/mol. The van der Waals surface area contributed by atoms with Crippen LogP contribution in [-0.2, 0) is 11.3 Å². The highest BCUT2D eigenvalue weighted by Gasteiger charge is 2.22. The molecule has 1 amide bonds. The molecule has 0 unspecified atom stereocenters. The molecule has 132 valence electrons. The van der Waals surface area contributed by atoms with Gasteiger partial charge in [-0.3, -0.25) is 9.59 Å². The van der Waals surface area contributed by atoms with Crippen molar-refractivity contribution in [2.75, 3.05) is 18.0 Å². The molecule has 0 saturated carbocycles. The summed E-state index contributed by atoms with van der Waals surface area (Å²) in [5.74, 6) is 0.687. The molecule has 0 aromatic carbocycles. The monoisotopic (exact) mass is 341 g/mol. The molecule has 3 rings (SSSR count). The highest BCUT2D eigenvalue weighted by molar-refractivity contribution is 5.76. The maximum absolute atomic E-state index is 12.3. The van der Waals surface area contributed by atoms with E-state index in [0.29, 0.717) is 6.54 Å². The molecule has 7 heteroatoms. The normalized spacial score (nSPS) is 17.4. The first-order valence-corrected chi connectivity index (χ1v) is 8.53. The number of aryl methyl sites for hydroxylation is 2. The Hall–Kier alpha value is -2.70. The third-order valence-electron chi connectivity index (χ3n) is 4.36. The van der Waals surface area contributed by atoms with Crippen molar-refractivity contribution in [3.05, 3.63) is 52.1 Å². The molecule has 0 radical (unpaired) electrons. The second-order valence-corrected chi connectivity index (χ2v) is 6.56. The van der Waals surface area contributed by atoms with Gasteiger partial charge >= 0.3 is 0 Å². The van der Waals surface area contributed by atoms with Crippen LogP contribution in [0.5, 0.6) is 0 Å². The van der Waals surface area contributed by atoms with Gasteiger partial charge in [0.05, 0.1) is 5.69 Å². The second kappa shape index (κ2) is 7.46. The number of carbonyl (C=O) groups excluding carboxylic acids is 1. The van der Waals surface area contributed by atoms with Crippen LogP contribution in [0.3, 0.4) is 0 Å². The molecule has 0 spiro atoms. The highest BCUT2D eigenvalue weighted by atomic mass is 16.2. The van der Waals surface area contributed by atoms with E-state index in [9.17, 15) is 9.59 Å². The predicted octanol–water partition coefficient (Wildman–Crippen LogP) is 1.04. The molecule has 25 heavy (non-hydrogen) atoms. The van der Waals surface area contributed by atoms with Gasteiger partial charge in [-0.15, -0.1) is 5.10 Å². The number of carbonyl (C=O) groups is 1. The Labute approximate surface area is 146 Å². The van der Waals surface area contributed by atoms with Gasteiger partial charge in [0.2, 0.25) is 5.91 Å². The van der Waals surface area contributed by atoms with Crippen molar-refractivity contribution in [1.29, 1.82) is 0 Å². The van der Waals surface area contributed by atoms with Crippen LogP contribution in [-0.4, -0.2) is 39.8 Å². The van der Waals surface area contributed by atoms with Crippen molar-refractivity contribution >= 4 is 11.7 Å². The Balaban J connectivity index is 1.59. The molecule has 1 saturated heterocycles. The Morgan fingerprint density at radius 2 is 2.12 bits per heavy atom. The fourth-order valence-corrected chi connectivity index (χ4v) is 3.03. The van der Waals surface area contributed by atoms with E-state index in [-0.39, 0.29) is 24.1 Å². The number of rotatable bonds is 4. The lowest BCUT2D eigenvalue weighted by molar-refractivity contribution is -0.122. The van der Waals surface area contributed by atoms with E-state index in [1.165, 1.54) is 10.6 Å². The van der Waals surface area contributed by atoms with Crippen LogP contribution in [0.4, 0.5) is 5.82 Å². The fourth-order valence-electron chi connectivity index (χ4n) is 3.03. The molecule has 1 atom stereocenters. The van der Waals surface area contributed by atoms with Crippen LogP contribution in [0.15, 0.2) is 35.3 Å². The van der Waals surface area contributed by atoms with Gasteiger partial charge in [0, 0.05) is 31.4 Å². The summed E-state index contributed by atoms with van der Waals surface area (Å²) >= 11 is 0. The molecule has 2 aromatic heterocycles. The van der Waals surface area contributed by atoms with Gasteiger partial charge in [0.25, 0.3) is 5.56 Å². The number of pyridine rings is 1. The number of nitrogens with one attached hydrogen (secondary N) is 1. The standard InChI is InChI=1S/C18H23N5O2/c1-13-7-9-23(18(25)10-13)12-17(24)19-15-4-3-8-22(11-15)16-6-5-14(2)20-21-16/h5-7,9-10,15H,3-4,8,11-12H2,1-2H3,(H,19,24)/t15-/m1/s1. The lowest BCUT2D eigenvalue weighted by Crippen LogP contribution is -2.49. The van der Waals surface area contributed by atoms with Gasteiger partial charge in [0.15, 0.2) is 5.82 Å². The number of aromatic nitrogens is 3. The molecule has 2 aromatic rings. The summed E-state index contributed by atoms with van der Waals surface area (Å²) in [6, 6.07) is 7.30. The van der Waals surface area contributed by atoms with Crippen molar-refractivity contribution < 1.29 is 4.79 Å². The summed E-state index contributed by atoms with van der Waals surface area (Å²) < 4.78 is 1.42. The summed E-state index contributed by atoms with van der Waals surface area (Å²) in [4.78, 5) is 26.3. The number of nitrogens with zero attached hydrogens (tertiary/aromatic N) is 4. The first-order valence-electron chi connectivity index (χ1n) is 8.53. The van der Waals surface area contributed by atoms with Crippen LogP contribution >= 0.6 is 0 Å². The molecule has 3 heterocycles. The van der Waals surface area contributed by atoms with E-state index in [2.05, 4.69) is 20.4 Å². The van der Waals surface area contributed by atoms with Crippen LogP contribution in [0.2, 0.25) is 0 Å². The minimum atomic E-state index is -0.157. The van der Waals surface area contributed by atoms with Gasteiger partial charge in [-0.2, -0.15) is 5.10 Å². The molecular weight excluding hydrogens is 318 g/mol. The van der Waals surface area contributed by atoms with Crippen molar-refractivity contribution in [1.82, 2.24) is 20.1 Å². The summed E-state index contributed by atoms with van der Waals surface area (Å²) in [5.41, 5.74) is 1.62. The number of anilines is 1. The molecular formula is C18H23N5O2. The summed E-state index contributed by atoms with van der Waals surface area (Å²) in [5, 5.41) is 11.3. The minimum Gasteiger partial charge on any atom is -0.353 e. The lowest BCUT2D eigenvalue weighted by atomic mass is 10.1. The van der Waals surface area contributed by atoms with Gasteiger partial charge in [0.1, 0.15) is 6.54 Å². The van der Waals surface area contributed by atoms with Crippen molar-refractivity contribution in [2.24, 2.45) is 0 Å². The topological polar surface area (TPSA) is 80.1 Å². The Bertz CT molecular complexity index is 800. The Morgan fingerprint density at radius 1 is 1.28 bits per heavy atom. The Kier molecular flexibility index (Phi) is 5.11. The third kappa shape index (κ3) is 4.43.